The van der Waals surface area contributed by atoms with Gasteiger partial charge in [0, 0.05) is 13.8 Å². The largest absolute Gasteiger partial charge is 0.352 e. The van der Waals surface area contributed by atoms with Gasteiger partial charge in [0.2, 0.25) is 11.7 Å². The van der Waals surface area contributed by atoms with Crippen LogP contribution in [-0.4, -0.2) is 54.4 Å². The van der Waals surface area contributed by atoms with Crippen molar-refractivity contribution in [1.29, 1.82) is 0 Å². The van der Waals surface area contributed by atoms with E-state index in [0.29, 0.717) is 0 Å². The van der Waals surface area contributed by atoms with Gasteiger partial charge in [0.1, 0.15) is 19.6 Å². The third-order valence-corrected chi connectivity index (χ3v) is 2.47. The third kappa shape index (κ3) is 2.72. The number of amidine groups is 1. The van der Waals surface area contributed by atoms with E-state index in [2.05, 4.69) is 28.8 Å². The minimum atomic E-state index is 0.0465. The van der Waals surface area contributed by atoms with Crippen molar-refractivity contribution in [2.75, 3.05) is 33.2 Å². The standard InChI is InChI=1S/C9H17N3O/c1-8(13)10-4-5-12-7-6-11(3)9(12)2/h4-7H2,1-3H3/p+1. The molecule has 1 aliphatic heterocycles. The SMILES string of the molecule is CC(=O)NCCN1CC[N+](C)=C1C. The van der Waals surface area contributed by atoms with Crippen LogP contribution < -0.4 is 5.32 Å². The third-order valence-electron chi connectivity index (χ3n) is 2.47. The van der Waals surface area contributed by atoms with E-state index in [9.17, 15) is 4.79 Å². The first kappa shape index (κ1) is 10.0. The van der Waals surface area contributed by atoms with Crippen molar-refractivity contribution < 1.29 is 9.37 Å². The second kappa shape index (κ2) is 4.25. The summed E-state index contributed by atoms with van der Waals surface area (Å²) in [7, 11) is 2.09. The molecular weight excluding hydrogens is 166 g/mol. The number of carbonyl (C=O) groups excluding carboxylic acids is 1. The zero-order chi connectivity index (χ0) is 9.84. The van der Waals surface area contributed by atoms with E-state index in [-0.39, 0.29) is 5.91 Å². The van der Waals surface area contributed by atoms with Crippen LogP contribution in [0.15, 0.2) is 0 Å². The molecule has 74 valence electrons. The molecule has 0 fully saturated rings. The van der Waals surface area contributed by atoms with Crippen molar-refractivity contribution in [3.8, 4) is 0 Å². The van der Waals surface area contributed by atoms with E-state index >= 15 is 0 Å². The number of carbonyl (C=O) groups is 1. The van der Waals surface area contributed by atoms with Crippen molar-refractivity contribution >= 4 is 11.7 Å². The zero-order valence-corrected chi connectivity index (χ0v) is 8.63. The lowest BCUT2D eigenvalue weighted by Gasteiger charge is -2.10. The zero-order valence-electron chi connectivity index (χ0n) is 8.63. The fourth-order valence-electron chi connectivity index (χ4n) is 1.48. The Hall–Kier alpha value is -1.06. The fourth-order valence-corrected chi connectivity index (χ4v) is 1.48. The van der Waals surface area contributed by atoms with E-state index in [1.165, 1.54) is 5.84 Å². The van der Waals surface area contributed by atoms with E-state index in [4.69, 9.17) is 0 Å². The first-order valence-corrected chi connectivity index (χ1v) is 4.65. The van der Waals surface area contributed by atoms with E-state index in [1.54, 1.807) is 6.92 Å². The lowest BCUT2D eigenvalue weighted by Crippen LogP contribution is -2.35. The van der Waals surface area contributed by atoms with Gasteiger partial charge >= 0.3 is 0 Å². The normalized spacial score (nSPS) is 16.7. The molecule has 0 radical (unpaired) electrons. The maximum Gasteiger partial charge on any atom is 0.243 e. The van der Waals surface area contributed by atoms with Crippen molar-refractivity contribution in [2.45, 2.75) is 13.8 Å². The molecule has 0 aromatic rings. The molecule has 0 aromatic heterocycles. The molecule has 0 aromatic carbocycles. The number of rotatable bonds is 3. The van der Waals surface area contributed by atoms with Crippen LogP contribution in [0.3, 0.4) is 0 Å². The summed E-state index contributed by atoms with van der Waals surface area (Å²) in [5.74, 6) is 1.34. The lowest BCUT2D eigenvalue weighted by molar-refractivity contribution is -0.487. The predicted molar refractivity (Wildman–Crippen MR) is 52.0 cm³/mol. The van der Waals surface area contributed by atoms with Gasteiger partial charge in [0.15, 0.2) is 0 Å². The number of likely N-dealkylation sites (N-methyl/N-ethyl adjacent to an activating group) is 1. The van der Waals surface area contributed by atoms with Gasteiger partial charge < -0.3 is 5.32 Å². The Bertz CT molecular complexity index is 235. The number of nitrogens with zero attached hydrogens (tertiary/aromatic N) is 2. The summed E-state index contributed by atoms with van der Waals surface area (Å²) in [6.45, 7) is 7.47. The number of hydrogen-bond acceptors (Lipinski definition) is 2. The van der Waals surface area contributed by atoms with Gasteiger partial charge in [-0.25, -0.2) is 0 Å². The van der Waals surface area contributed by atoms with Gasteiger partial charge in [-0.1, -0.05) is 0 Å². The summed E-state index contributed by atoms with van der Waals surface area (Å²) in [6, 6.07) is 0. The maximum atomic E-state index is 10.6. The second-order valence-electron chi connectivity index (χ2n) is 3.44. The second-order valence-corrected chi connectivity index (χ2v) is 3.44. The lowest BCUT2D eigenvalue weighted by atomic mass is 10.4. The molecule has 0 spiro atoms. The van der Waals surface area contributed by atoms with Crippen molar-refractivity contribution in [1.82, 2.24) is 10.2 Å². The highest BCUT2D eigenvalue weighted by molar-refractivity contribution is 5.76. The molecule has 4 nitrogen and oxygen atoms in total. The number of amides is 1. The molecule has 0 atom stereocenters. The van der Waals surface area contributed by atoms with Crippen LogP contribution in [0.2, 0.25) is 0 Å². The topological polar surface area (TPSA) is 35.4 Å². The Morgan fingerprint density at radius 3 is 2.85 bits per heavy atom. The van der Waals surface area contributed by atoms with Crippen LogP contribution in [-0.2, 0) is 4.79 Å². The van der Waals surface area contributed by atoms with E-state index < -0.39 is 0 Å². The summed E-state index contributed by atoms with van der Waals surface area (Å²) in [5.41, 5.74) is 0. The molecule has 1 amide bonds. The van der Waals surface area contributed by atoms with Gasteiger partial charge in [-0.2, -0.15) is 0 Å². The highest BCUT2D eigenvalue weighted by Crippen LogP contribution is 1.98. The molecule has 0 bridgehead atoms. The number of hydrogen-bond donors (Lipinski definition) is 1. The van der Waals surface area contributed by atoms with Crippen LogP contribution in [0.1, 0.15) is 13.8 Å². The molecule has 0 unspecified atom stereocenters. The molecule has 1 heterocycles. The number of nitrogens with one attached hydrogen (secondary N) is 1. The Balaban J connectivity index is 2.27. The summed E-state index contributed by atoms with van der Waals surface area (Å²) in [4.78, 5) is 12.9. The van der Waals surface area contributed by atoms with Gasteiger partial charge in [0.25, 0.3) is 0 Å². The molecule has 1 N–H and O–H groups in total. The van der Waals surface area contributed by atoms with Crippen LogP contribution >= 0.6 is 0 Å². The highest BCUT2D eigenvalue weighted by atomic mass is 16.1. The quantitative estimate of drug-likeness (QED) is 0.600. The van der Waals surface area contributed by atoms with Crippen molar-refractivity contribution in [3.05, 3.63) is 0 Å². The van der Waals surface area contributed by atoms with E-state index in [1.807, 2.05) is 0 Å². The van der Waals surface area contributed by atoms with Gasteiger partial charge in [-0.15, -0.1) is 0 Å². The Morgan fingerprint density at radius 1 is 1.69 bits per heavy atom. The monoisotopic (exact) mass is 184 g/mol. The first-order chi connectivity index (χ1) is 6.11. The van der Waals surface area contributed by atoms with Crippen LogP contribution in [0.5, 0.6) is 0 Å². The van der Waals surface area contributed by atoms with Crippen LogP contribution in [0.25, 0.3) is 0 Å². The fraction of sp³-hybridized carbons (Fsp3) is 0.778. The smallest absolute Gasteiger partial charge is 0.243 e. The average Bonchev–Trinajstić information content (AvgIpc) is 2.35. The molecule has 0 saturated heterocycles. The van der Waals surface area contributed by atoms with E-state index in [0.717, 1.165) is 26.2 Å². The molecular formula is C9H18N3O+. The van der Waals surface area contributed by atoms with Gasteiger partial charge in [-0.3, -0.25) is 14.3 Å². The first-order valence-electron chi connectivity index (χ1n) is 4.65. The minimum absolute atomic E-state index is 0.0465. The van der Waals surface area contributed by atoms with Crippen LogP contribution in [0, 0.1) is 0 Å². The summed E-state index contributed by atoms with van der Waals surface area (Å²) in [6.07, 6.45) is 0. The molecule has 13 heavy (non-hydrogen) atoms. The molecule has 1 aliphatic rings. The summed E-state index contributed by atoms with van der Waals surface area (Å²) in [5, 5.41) is 2.80. The van der Waals surface area contributed by atoms with Gasteiger partial charge in [-0.05, 0) is 0 Å². The Labute approximate surface area is 79.2 Å². The minimum Gasteiger partial charge on any atom is -0.352 e. The maximum absolute atomic E-state index is 10.6. The molecule has 1 rings (SSSR count). The summed E-state index contributed by atoms with van der Waals surface area (Å²) >= 11 is 0. The van der Waals surface area contributed by atoms with Crippen molar-refractivity contribution in [3.63, 3.8) is 0 Å². The molecule has 0 saturated carbocycles. The van der Waals surface area contributed by atoms with Crippen molar-refractivity contribution in [2.24, 2.45) is 0 Å². The van der Waals surface area contributed by atoms with Gasteiger partial charge in [0.05, 0.1) is 13.6 Å². The summed E-state index contributed by atoms with van der Waals surface area (Å²) < 4.78 is 2.23. The Morgan fingerprint density at radius 2 is 2.38 bits per heavy atom. The Kier molecular flexibility index (Phi) is 3.28. The van der Waals surface area contributed by atoms with Crippen LogP contribution in [0.4, 0.5) is 0 Å². The molecule has 4 heteroatoms. The predicted octanol–water partition coefficient (Wildman–Crippen LogP) is -0.501. The molecule has 0 aliphatic carbocycles. The average molecular weight is 184 g/mol. The highest BCUT2D eigenvalue weighted by Gasteiger charge is 2.23.